The van der Waals surface area contributed by atoms with E-state index in [1.54, 1.807) is 25.1 Å². The number of rotatable bonds is 2. The van der Waals surface area contributed by atoms with Crippen molar-refractivity contribution in [2.75, 3.05) is 11.1 Å². The molecule has 0 saturated carbocycles. The van der Waals surface area contributed by atoms with Gasteiger partial charge in [0.25, 0.3) is 5.91 Å². The van der Waals surface area contributed by atoms with Crippen LogP contribution in [0.1, 0.15) is 16.1 Å². The van der Waals surface area contributed by atoms with E-state index in [1.165, 1.54) is 0 Å². The zero-order valence-corrected chi connectivity index (χ0v) is 12.3. The highest BCUT2D eigenvalue weighted by molar-refractivity contribution is 14.1. The minimum absolute atomic E-state index is 0.292. The molecule has 0 radical (unpaired) electrons. The van der Waals surface area contributed by atoms with E-state index in [2.05, 4.69) is 38.1 Å². The van der Waals surface area contributed by atoms with Gasteiger partial charge in [-0.05, 0) is 47.7 Å². The maximum absolute atomic E-state index is 12.1. The zero-order chi connectivity index (χ0) is 13.3. The first kappa shape index (κ1) is 13.2. The lowest BCUT2D eigenvalue weighted by atomic mass is 10.2. The predicted octanol–water partition coefficient (Wildman–Crippen LogP) is 2.81. The van der Waals surface area contributed by atoms with Crippen molar-refractivity contribution in [2.24, 2.45) is 0 Å². The van der Waals surface area contributed by atoms with Gasteiger partial charge in [-0.3, -0.25) is 9.89 Å². The summed E-state index contributed by atoms with van der Waals surface area (Å²) in [4.78, 5) is 12.1. The van der Waals surface area contributed by atoms with Crippen LogP contribution in [0, 0.1) is 10.5 Å². The van der Waals surface area contributed by atoms with Gasteiger partial charge in [0.15, 0.2) is 5.82 Å². The number of nitrogens with two attached hydrogens (primary N) is 1. The molecule has 18 heavy (non-hydrogen) atoms. The molecule has 1 amide bonds. The second kappa shape index (κ2) is 5.15. The van der Waals surface area contributed by atoms with Crippen molar-refractivity contribution >= 4 is 51.6 Å². The van der Waals surface area contributed by atoms with Crippen molar-refractivity contribution in [2.45, 2.75) is 6.92 Å². The number of aromatic nitrogens is 2. The smallest absolute Gasteiger partial charge is 0.258 e. The van der Waals surface area contributed by atoms with Crippen molar-refractivity contribution in [1.82, 2.24) is 10.2 Å². The highest BCUT2D eigenvalue weighted by Gasteiger charge is 2.14. The summed E-state index contributed by atoms with van der Waals surface area (Å²) in [7, 11) is 0. The van der Waals surface area contributed by atoms with Gasteiger partial charge in [-0.2, -0.15) is 5.10 Å². The molecule has 7 heteroatoms. The molecule has 0 aliphatic heterocycles. The van der Waals surface area contributed by atoms with E-state index < -0.39 is 0 Å². The van der Waals surface area contributed by atoms with E-state index >= 15 is 0 Å². The van der Waals surface area contributed by atoms with Gasteiger partial charge in [-0.25, -0.2) is 0 Å². The maximum Gasteiger partial charge on any atom is 0.258 e. The largest absolute Gasteiger partial charge is 0.394 e. The quantitative estimate of drug-likeness (QED) is 0.705. The summed E-state index contributed by atoms with van der Waals surface area (Å²) in [5.74, 6) is 0.0355. The van der Waals surface area contributed by atoms with Crippen molar-refractivity contribution in [3.63, 3.8) is 0 Å². The topological polar surface area (TPSA) is 83.8 Å². The molecule has 1 aromatic carbocycles. The second-order valence-electron chi connectivity index (χ2n) is 3.69. The molecule has 2 rings (SSSR count). The van der Waals surface area contributed by atoms with Gasteiger partial charge in [0, 0.05) is 8.59 Å². The summed E-state index contributed by atoms with van der Waals surface area (Å²) < 4.78 is 0.806. The van der Waals surface area contributed by atoms with Gasteiger partial charge in [0.2, 0.25) is 0 Å². The minimum atomic E-state index is -0.292. The van der Waals surface area contributed by atoms with Crippen molar-refractivity contribution in [3.8, 4) is 0 Å². The van der Waals surface area contributed by atoms with Gasteiger partial charge in [-0.1, -0.05) is 11.6 Å². The summed E-state index contributed by atoms with van der Waals surface area (Å²) >= 11 is 7.94. The van der Waals surface area contributed by atoms with Crippen LogP contribution in [0.4, 0.5) is 11.5 Å². The predicted molar refractivity (Wildman–Crippen MR) is 79.9 cm³/mol. The summed E-state index contributed by atoms with van der Waals surface area (Å²) in [5.41, 5.74) is 7.39. The number of nitrogen functional groups attached to an aromatic ring is 1. The molecule has 0 atom stereocenters. The molecule has 1 heterocycles. The van der Waals surface area contributed by atoms with E-state index in [0.717, 1.165) is 3.57 Å². The highest BCUT2D eigenvalue weighted by Crippen LogP contribution is 2.22. The summed E-state index contributed by atoms with van der Waals surface area (Å²) in [6.07, 6.45) is 0. The van der Waals surface area contributed by atoms with Crippen LogP contribution in [0.3, 0.4) is 0 Å². The molecule has 0 saturated heterocycles. The molecule has 0 aliphatic rings. The average Bonchev–Trinajstić information content (AvgIpc) is 2.64. The normalized spacial score (nSPS) is 10.4. The number of amides is 1. The number of halogens is 2. The molecule has 0 bridgehead atoms. The van der Waals surface area contributed by atoms with Gasteiger partial charge < -0.3 is 11.1 Å². The number of hydrogen-bond donors (Lipinski definition) is 3. The lowest BCUT2D eigenvalue weighted by Crippen LogP contribution is -2.14. The van der Waals surface area contributed by atoms with Crippen LogP contribution in [-0.2, 0) is 0 Å². The van der Waals surface area contributed by atoms with Crippen LogP contribution in [0.2, 0.25) is 5.02 Å². The fraction of sp³-hybridized carbons (Fsp3) is 0.0909. The van der Waals surface area contributed by atoms with Crippen molar-refractivity contribution < 1.29 is 4.79 Å². The molecule has 0 aliphatic carbocycles. The molecular formula is C11H10ClIN4O. The van der Waals surface area contributed by atoms with E-state index in [9.17, 15) is 4.79 Å². The molecule has 0 unspecified atom stereocenters. The van der Waals surface area contributed by atoms with Crippen molar-refractivity contribution in [1.29, 1.82) is 0 Å². The number of aromatic amines is 1. The molecule has 94 valence electrons. The van der Waals surface area contributed by atoms with Crippen LogP contribution in [-0.4, -0.2) is 16.1 Å². The third kappa shape index (κ3) is 2.59. The molecule has 2 aromatic rings. The van der Waals surface area contributed by atoms with E-state index in [0.29, 0.717) is 27.8 Å². The van der Waals surface area contributed by atoms with E-state index in [4.69, 9.17) is 17.3 Å². The summed E-state index contributed by atoms with van der Waals surface area (Å²) in [6, 6.07) is 5.11. The summed E-state index contributed by atoms with van der Waals surface area (Å²) in [5, 5.41) is 9.77. The van der Waals surface area contributed by atoms with Gasteiger partial charge in [0.1, 0.15) is 0 Å². The number of carbonyl (C=O) groups is 1. The number of nitrogens with zero attached hydrogens (tertiary/aromatic N) is 1. The molecule has 4 N–H and O–H groups in total. The molecule has 0 fully saturated rings. The van der Waals surface area contributed by atoms with E-state index in [1.807, 2.05) is 0 Å². The first-order chi connectivity index (χ1) is 8.49. The monoisotopic (exact) mass is 376 g/mol. The Hall–Kier alpha value is -1.28. The standard InChI is InChI=1S/C11H10ClIN4O/c1-5-9(14)10(17-16-5)15-11(18)7-4-6(12)2-3-8(7)13/h2-4H,14H2,1H3,(H2,15,16,17,18). The Morgan fingerprint density at radius 1 is 1.56 bits per heavy atom. The Balaban J connectivity index is 2.27. The number of hydrogen-bond acceptors (Lipinski definition) is 3. The van der Waals surface area contributed by atoms with Crippen LogP contribution in [0.15, 0.2) is 18.2 Å². The Morgan fingerprint density at radius 3 is 2.89 bits per heavy atom. The Bertz CT molecular complexity index is 611. The van der Waals surface area contributed by atoms with Crippen LogP contribution in [0.5, 0.6) is 0 Å². The number of H-pyrrole nitrogens is 1. The van der Waals surface area contributed by atoms with Crippen molar-refractivity contribution in [3.05, 3.63) is 38.0 Å². The number of benzene rings is 1. The van der Waals surface area contributed by atoms with Crippen LogP contribution in [0.25, 0.3) is 0 Å². The Morgan fingerprint density at radius 2 is 2.28 bits per heavy atom. The Labute approximate surface area is 122 Å². The minimum Gasteiger partial charge on any atom is -0.394 e. The third-order valence-corrected chi connectivity index (χ3v) is 3.58. The molecule has 5 nitrogen and oxygen atoms in total. The van der Waals surface area contributed by atoms with E-state index in [-0.39, 0.29) is 5.91 Å². The van der Waals surface area contributed by atoms with Gasteiger partial charge in [0.05, 0.1) is 16.9 Å². The average molecular weight is 377 g/mol. The summed E-state index contributed by atoms with van der Waals surface area (Å²) in [6.45, 7) is 1.78. The third-order valence-electron chi connectivity index (χ3n) is 2.40. The molecule has 1 aromatic heterocycles. The van der Waals surface area contributed by atoms with Gasteiger partial charge in [-0.15, -0.1) is 0 Å². The first-order valence-corrected chi connectivity index (χ1v) is 6.51. The fourth-order valence-electron chi connectivity index (χ4n) is 1.38. The SMILES string of the molecule is Cc1[nH]nc(NC(=O)c2cc(Cl)ccc2I)c1N. The first-order valence-electron chi connectivity index (χ1n) is 5.06. The highest BCUT2D eigenvalue weighted by atomic mass is 127. The fourth-order valence-corrected chi connectivity index (χ4v) is 2.13. The number of anilines is 2. The zero-order valence-electron chi connectivity index (χ0n) is 9.42. The number of aryl methyl sites for hydroxylation is 1. The van der Waals surface area contributed by atoms with Crippen LogP contribution >= 0.6 is 34.2 Å². The Kier molecular flexibility index (Phi) is 3.76. The van der Waals surface area contributed by atoms with Crippen LogP contribution < -0.4 is 11.1 Å². The lowest BCUT2D eigenvalue weighted by molar-refractivity contribution is 0.102. The number of nitrogens with one attached hydrogen (secondary N) is 2. The lowest BCUT2D eigenvalue weighted by Gasteiger charge is -2.05. The maximum atomic E-state index is 12.1. The second-order valence-corrected chi connectivity index (χ2v) is 5.29. The molecular weight excluding hydrogens is 367 g/mol. The van der Waals surface area contributed by atoms with Gasteiger partial charge >= 0.3 is 0 Å². The molecule has 0 spiro atoms. The number of carbonyl (C=O) groups excluding carboxylic acids is 1.